The van der Waals surface area contributed by atoms with Crippen LogP contribution in [-0.2, 0) is 16.2 Å². The van der Waals surface area contributed by atoms with E-state index < -0.39 is 0 Å². The molecule has 4 atom stereocenters. The van der Waals surface area contributed by atoms with Crippen LogP contribution in [0.4, 0.5) is 0 Å². The first-order chi connectivity index (χ1) is 14.1. The van der Waals surface area contributed by atoms with Crippen LogP contribution in [0.3, 0.4) is 0 Å². The van der Waals surface area contributed by atoms with Crippen molar-refractivity contribution in [2.45, 2.75) is 13.0 Å². The number of hydrogen-bond donors (Lipinski definition) is 0. The normalized spacial score (nSPS) is 27.3. The highest BCUT2D eigenvalue weighted by molar-refractivity contribution is 6.31. The van der Waals surface area contributed by atoms with E-state index in [0.29, 0.717) is 22.9 Å². The fourth-order valence-corrected chi connectivity index (χ4v) is 4.80. The Morgan fingerprint density at radius 3 is 2.38 bits per heavy atom. The zero-order chi connectivity index (χ0) is 20.0. The number of nitrogens with zero attached hydrogens (tertiary/aromatic N) is 2. The molecule has 0 aromatic heterocycles. The van der Waals surface area contributed by atoms with Crippen molar-refractivity contribution in [1.82, 2.24) is 5.01 Å². The van der Waals surface area contributed by atoms with Crippen LogP contribution in [0, 0.1) is 23.7 Å². The Hall–Kier alpha value is -2.92. The van der Waals surface area contributed by atoms with E-state index in [2.05, 4.69) is 17.3 Å². The molecule has 2 amide bonds. The maximum Gasteiger partial charge on any atom is 0.254 e. The molecule has 5 rings (SSSR count). The lowest BCUT2D eigenvalue weighted by molar-refractivity contribution is -0.140. The van der Waals surface area contributed by atoms with Crippen molar-refractivity contribution in [3.05, 3.63) is 76.8 Å². The third-order valence-corrected chi connectivity index (χ3v) is 6.39. The van der Waals surface area contributed by atoms with Crippen molar-refractivity contribution in [1.29, 1.82) is 0 Å². The third kappa shape index (κ3) is 3.06. The lowest BCUT2D eigenvalue weighted by atomic mass is 9.85. The number of para-hydroxylation sites is 1. The largest absolute Gasteiger partial charge is 0.488 e. The molecule has 0 N–H and O–H groups in total. The second kappa shape index (κ2) is 7.16. The second-order valence-electron chi connectivity index (χ2n) is 7.65. The fourth-order valence-electron chi connectivity index (χ4n) is 4.61. The number of carbonyl (C=O) groups is 2. The van der Waals surface area contributed by atoms with E-state index >= 15 is 0 Å². The predicted octanol–water partition coefficient (Wildman–Crippen LogP) is 4.06. The molecular formula is C23H19ClN2O3. The first-order valence-electron chi connectivity index (χ1n) is 9.69. The third-order valence-electron chi connectivity index (χ3n) is 6.02. The number of carbonyl (C=O) groups excluding carboxylic acids is 2. The number of halogens is 1. The van der Waals surface area contributed by atoms with E-state index in [9.17, 15) is 9.59 Å². The van der Waals surface area contributed by atoms with Gasteiger partial charge >= 0.3 is 0 Å². The van der Waals surface area contributed by atoms with Crippen molar-refractivity contribution in [2.75, 3.05) is 0 Å². The van der Waals surface area contributed by atoms with Crippen LogP contribution in [-0.4, -0.2) is 23.0 Å². The average Bonchev–Trinajstić information content (AvgIpc) is 3.41. The van der Waals surface area contributed by atoms with Gasteiger partial charge in [-0.2, -0.15) is 10.1 Å². The topological polar surface area (TPSA) is 59.0 Å². The van der Waals surface area contributed by atoms with Crippen LogP contribution in [0.15, 0.2) is 65.8 Å². The van der Waals surface area contributed by atoms with Gasteiger partial charge in [-0.05, 0) is 36.5 Å². The van der Waals surface area contributed by atoms with Crippen molar-refractivity contribution in [2.24, 2.45) is 28.8 Å². The Kier molecular flexibility index (Phi) is 4.47. The summed E-state index contributed by atoms with van der Waals surface area (Å²) in [7, 11) is 0. The van der Waals surface area contributed by atoms with E-state index in [0.717, 1.165) is 17.0 Å². The highest BCUT2D eigenvalue weighted by Gasteiger charge is 2.59. The van der Waals surface area contributed by atoms with Crippen LogP contribution < -0.4 is 4.74 Å². The van der Waals surface area contributed by atoms with Gasteiger partial charge in [-0.3, -0.25) is 9.59 Å². The molecule has 1 heterocycles. The van der Waals surface area contributed by atoms with Gasteiger partial charge in [-0.1, -0.05) is 54.1 Å². The number of amides is 2. The monoisotopic (exact) mass is 406 g/mol. The van der Waals surface area contributed by atoms with Gasteiger partial charge in [0.1, 0.15) is 12.4 Å². The lowest BCUT2D eigenvalue weighted by Gasteiger charge is -2.13. The van der Waals surface area contributed by atoms with E-state index in [4.69, 9.17) is 16.3 Å². The minimum atomic E-state index is -0.249. The maximum atomic E-state index is 12.8. The number of hydrazone groups is 1. The second-order valence-corrected chi connectivity index (χ2v) is 8.06. The smallest absolute Gasteiger partial charge is 0.254 e. The average molecular weight is 407 g/mol. The summed E-state index contributed by atoms with van der Waals surface area (Å²) in [5, 5.41) is 5.93. The number of imide groups is 1. The molecule has 1 saturated carbocycles. The van der Waals surface area contributed by atoms with Gasteiger partial charge in [0.2, 0.25) is 0 Å². The maximum absolute atomic E-state index is 12.8. The molecule has 5 nitrogen and oxygen atoms in total. The molecule has 0 spiro atoms. The SMILES string of the molecule is O=C1[C@@H]2[C@H](C(=O)N1/N=C\c1ccccc1OCc1ccccc1Cl)[C@@H]1C=C[C@@H]2C1. The number of rotatable bonds is 5. The number of ether oxygens (including phenoxy) is 1. The highest BCUT2D eigenvalue weighted by Crippen LogP contribution is 2.52. The lowest BCUT2D eigenvalue weighted by Crippen LogP contribution is -2.28. The van der Waals surface area contributed by atoms with Crippen LogP contribution in [0.5, 0.6) is 5.75 Å². The van der Waals surface area contributed by atoms with Crippen LogP contribution in [0.1, 0.15) is 17.5 Å². The quantitative estimate of drug-likeness (QED) is 0.427. The first-order valence-corrected chi connectivity index (χ1v) is 10.1. The Morgan fingerprint density at radius 1 is 1.00 bits per heavy atom. The highest BCUT2D eigenvalue weighted by atomic mass is 35.5. The molecule has 3 aliphatic rings. The number of benzene rings is 2. The molecular weight excluding hydrogens is 388 g/mol. The molecule has 2 aromatic rings. The van der Waals surface area contributed by atoms with E-state index in [-0.39, 0.29) is 35.5 Å². The number of allylic oxidation sites excluding steroid dienone is 2. The minimum absolute atomic E-state index is 0.174. The Morgan fingerprint density at radius 2 is 1.66 bits per heavy atom. The van der Waals surface area contributed by atoms with Crippen molar-refractivity contribution < 1.29 is 14.3 Å². The van der Waals surface area contributed by atoms with Crippen molar-refractivity contribution in [3.63, 3.8) is 0 Å². The van der Waals surface area contributed by atoms with Crippen LogP contribution >= 0.6 is 11.6 Å². The van der Waals surface area contributed by atoms with Gasteiger partial charge in [0.25, 0.3) is 11.8 Å². The summed E-state index contributed by atoms with van der Waals surface area (Å²) in [6, 6.07) is 14.9. The van der Waals surface area contributed by atoms with Gasteiger partial charge in [0, 0.05) is 16.1 Å². The Balaban J connectivity index is 1.34. The summed E-state index contributed by atoms with van der Waals surface area (Å²) < 4.78 is 5.92. The fraction of sp³-hybridized carbons (Fsp3) is 0.261. The summed E-state index contributed by atoms with van der Waals surface area (Å²) >= 11 is 6.19. The Bertz CT molecular complexity index is 1020. The van der Waals surface area contributed by atoms with Gasteiger partial charge in [0.15, 0.2) is 0 Å². The Labute approximate surface area is 173 Å². The number of hydrogen-bond acceptors (Lipinski definition) is 4. The zero-order valence-corrected chi connectivity index (χ0v) is 16.3. The molecule has 0 unspecified atom stereocenters. The van der Waals surface area contributed by atoms with Crippen molar-refractivity contribution >= 4 is 29.6 Å². The first kappa shape index (κ1) is 18.1. The molecule has 6 heteroatoms. The predicted molar refractivity (Wildman–Crippen MR) is 109 cm³/mol. The van der Waals surface area contributed by atoms with E-state index in [1.807, 2.05) is 48.5 Å². The summed E-state index contributed by atoms with van der Waals surface area (Å²) in [6.07, 6.45) is 6.57. The van der Waals surface area contributed by atoms with E-state index in [1.54, 1.807) is 0 Å². The van der Waals surface area contributed by atoms with Gasteiger partial charge in [-0.15, -0.1) is 0 Å². The summed E-state index contributed by atoms with van der Waals surface area (Å²) in [4.78, 5) is 25.5. The molecule has 1 saturated heterocycles. The van der Waals surface area contributed by atoms with Gasteiger partial charge in [0.05, 0.1) is 18.1 Å². The molecule has 146 valence electrons. The molecule has 0 radical (unpaired) electrons. The summed E-state index contributed by atoms with van der Waals surface area (Å²) in [6.45, 7) is 0.311. The van der Waals surface area contributed by atoms with Gasteiger partial charge < -0.3 is 4.74 Å². The molecule has 2 bridgehead atoms. The molecule has 2 aromatic carbocycles. The van der Waals surface area contributed by atoms with Gasteiger partial charge in [-0.25, -0.2) is 0 Å². The van der Waals surface area contributed by atoms with Crippen molar-refractivity contribution in [3.8, 4) is 5.75 Å². The molecule has 29 heavy (non-hydrogen) atoms. The molecule has 2 aliphatic carbocycles. The zero-order valence-electron chi connectivity index (χ0n) is 15.6. The summed E-state index contributed by atoms with van der Waals surface area (Å²) in [5.41, 5.74) is 1.57. The standard InChI is InChI=1S/C23H19ClN2O3/c24-18-7-3-1-6-17(18)13-29-19-8-4-2-5-16(19)12-25-26-22(27)20-14-9-10-15(11-14)21(20)23(26)28/h1-10,12,14-15,20-21H,11,13H2/b25-12-/t14-,15-,20-,21+/m1/s1. The van der Waals surface area contributed by atoms with E-state index in [1.165, 1.54) is 6.21 Å². The van der Waals surface area contributed by atoms with Crippen LogP contribution in [0.2, 0.25) is 5.02 Å². The minimum Gasteiger partial charge on any atom is -0.488 e. The number of fused-ring (bicyclic) bond motifs is 5. The van der Waals surface area contributed by atoms with Crippen LogP contribution in [0.25, 0.3) is 0 Å². The molecule has 1 aliphatic heterocycles. The summed E-state index contributed by atoms with van der Waals surface area (Å²) in [5.74, 6) is 0.0749. The molecule has 2 fully saturated rings.